The zero-order valence-corrected chi connectivity index (χ0v) is 12.7. The lowest BCUT2D eigenvalue weighted by molar-refractivity contribution is -0.138. The number of hydrogen-bond donors (Lipinski definition) is 0. The minimum absolute atomic E-state index is 0.206. The molecule has 3 aromatic rings. The van der Waals surface area contributed by atoms with Crippen LogP contribution in [0.25, 0.3) is 22.0 Å². The molecule has 0 spiro atoms. The first-order valence-corrected chi connectivity index (χ1v) is 7.08. The van der Waals surface area contributed by atoms with Gasteiger partial charge in [0.25, 0.3) is 0 Å². The molecule has 118 valence electrons. The van der Waals surface area contributed by atoms with Crippen molar-refractivity contribution < 1.29 is 17.9 Å². The molecule has 0 radical (unpaired) electrons. The van der Waals surface area contributed by atoms with Crippen LogP contribution >= 0.6 is 11.6 Å². The molecule has 0 N–H and O–H groups in total. The molecule has 2 nitrogen and oxygen atoms in total. The van der Waals surface area contributed by atoms with Gasteiger partial charge in [-0.2, -0.15) is 13.2 Å². The predicted molar refractivity (Wildman–Crippen MR) is 83.7 cm³/mol. The number of alkyl halides is 3. The van der Waals surface area contributed by atoms with Crippen molar-refractivity contribution in [2.24, 2.45) is 0 Å². The summed E-state index contributed by atoms with van der Waals surface area (Å²) >= 11 is 5.94. The van der Waals surface area contributed by atoms with E-state index in [1.165, 1.54) is 13.2 Å². The SMILES string of the molecule is COc1ccc(-c2ccnc3cc(Cl)ccc23)cc1C(F)(F)F. The monoisotopic (exact) mass is 337 g/mol. The molecule has 0 amide bonds. The summed E-state index contributed by atoms with van der Waals surface area (Å²) in [5, 5.41) is 1.25. The van der Waals surface area contributed by atoms with E-state index < -0.39 is 11.7 Å². The largest absolute Gasteiger partial charge is 0.496 e. The van der Waals surface area contributed by atoms with Crippen LogP contribution in [0.1, 0.15) is 5.56 Å². The van der Waals surface area contributed by atoms with Crippen molar-refractivity contribution >= 4 is 22.5 Å². The molecule has 1 aromatic heterocycles. The molecular weight excluding hydrogens is 327 g/mol. The predicted octanol–water partition coefficient (Wildman–Crippen LogP) is 5.58. The summed E-state index contributed by atoms with van der Waals surface area (Å²) in [6.45, 7) is 0. The van der Waals surface area contributed by atoms with E-state index in [1.54, 1.807) is 36.5 Å². The molecule has 2 aromatic carbocycles. The van der Waals surface area contributed by atoms with Gasteiger partial charge >= 0.3 is 6.18 Å². The van der Waals surface area contributed by atoms with Crippen molar-refractivity contribution in [1.29, 1.82) is 0 Å². The van der Waals surface area contributed by atoms with Gasteiger partial charge in [-0.3, -0.25) is 4.98 Å². The Bertz CT molecular complexity index is 877. The molecular formula is C17H11ClF3NO. The fraction of sp³-hybridized carbons (Fsp3) is 0.118. The normalized spacial score (nSPS) is 11.7. The van der Waals surface area contributed by atoms with E-state index in [-0.39, 0.29) is 5.75 Å². The Balaban J connectivity index is 2.23. The van der Waals surface area contributed by atoms with Crippen LogP contribution in [-0.2, 0) is 6.18 Å². The summed E-state index contributed by atoms with van der Waals surface area (Å²) in [5.74, 6) is -0.206. The van der Waals surface area contributed by atoms with Gasteiger partial charge in [-0.1, -0.05) is 23.7 Å². The number of nitrogens with zero attached hydrogens (tertiary/aromatic N) is 1. The number of rotatable bonds is 2. The minimum atomic E-state index is -4.49. The molecule has 1 heterocycles. The topological polar surface area (TPSA) is 22.1 Å². The number of pyridine rings is 1. The van der Waals surface area contributed by atoms with Gasteiger partial charge in [-0.05, 0) is 41.5 Å². The second-order valence-electron chi connectivity index (χ2n) is 4.93. The molecule has 0 saturated heterocycles. The highest BCUT2D eigenvalue weighted by atomic mass is 35.5. The lowest BCUT2D eigenvalue weighted by Crippen LogP contribution is -2.07. The Morgan fingerprint density at radius 1 is 1.04 bits per heavy atom. The number of halogens is 4. The van der Waals surface area contributed by atoms with E-state index in [0.29, 0.717) is 21.7 Å². The molecule has 0 atom stereocenters. The Kier molecular flexibility index (Phi) is 3.90. The summed E-state index contributed by atoms with van der Waals surface area (Å²) in [6, 6.07) is 10.8. The van der Waals surface area contributed by atoms with Crippen molar-refractivity contribution in [3.05, 3.63) is 59.2 Å². The van der Waals surface area contributed by atoms with Gasteiger partial charge in [0.1, 0.15) is 5.75 Å². The highest BCUT2D eigenvalue weighted by Crippen LogP contribution is 2.39. The van der Waals surface area contributed by atoms with Crippen LogP contribution in [0, 0.1) is 0 Å². The lowest BCUT2D eigenvalue weighted by Gasteiger charge is -2.14. The van der Waals surface area contributed by atoms with E-state index in [0.717, 1.165) is 11.5 Å². The van der Waals surface area contributed by atoms with Crippen molar-refractivity contribution in [1.82, 2.24) is 4.98 Å². The van der Waals surface area contributed by atoms with Gasteiger partial charge in [-0.15, -0.1) is 0 Å². The van der Waals surface area contributed by atoms with Gasteiger partial charge in [0.2, 0.25) is 0 Å². The third-order valence-electron chi connectivity index (χ3n) is 3.52. The Morgan fingerprint density at radius 3 is 2.52 bits per heavy atom. The van der Waals surface area contributed by atoms with E-state index in [4.69, 9.17) is 16.3 Å². The second-order valence-corrected chi connectivity index (χ2v) is 5.37. The number of aromatic nitrogens is 1. The first kappa shape index (κ1) is 15.6. The van der Waals surface area contributed by atoms with Crippen LogP contribution in [0.2, 0.25) is 5.02 Å². The maximum absolute atomic E-state index is 13.2. The van der Waals surface area contributed by atoms with Crippen molar-refractivity contribution in [3.63, 3.8) is 0 Å². The number of ether oxygens (including phenoxy) is 1. The number of methoxy groups -OCH3 is 1. The molecule has 0 aliphatic rings. The molecule has 0 unspecified atom stereocenters. The van der Waals surface area contributed by atoms with Gasteiger partial charge in [-0.25, -0.2) is 0 Å². The maximum atomic E-state index is 13.2. The molecule has 6 heteroatoms. The zero-order valence-electron chi connectivity index (χ0n) is 12.0. The molecule has 0 bridgehead atoms. The van der Waals surface area contributed by atoms with Crippen LogP contribution in [0.3, 0.4) is 0 Å². The molecule has 23 heavy (non-hydrogen) atoms. The lowest BCUT2D eigenvalue weighted by atomic mass is 9.99. The third-order valence-corrected chi connectivity index (χ3v) is 3.76. The number of hydrogen-bond acceptors (Lipinski definition) is 2. The Hall–Kier alpha value is -2.27. The summed E-state index contributed by atoms with van der Waals surface area (Å²) in [4.78, 5) is 4.20. The summed E-state index contributed by atoms with van der Waals surface area (Å²) < 4.78 is 44.4. The van der Waals surface area contributed by atoms with E-state index in [2.05, 4.69) is 4.98 Å². The van der Waals surface area contributed by atoms with Gasteiger partial charge in [0.15, 0.2) is 0 Å². The van der Waals surface area contributed by atoms with Crippen molar-refractivity contribution in [3.8, 4) is 16.9 Å². The fourth-order valence-electron chi connectivity index (χ4n) is 2.47. The first-order valence-electron chi connectivity index (χ1n) is 6.70. The van der Waals surface area contributed by atoms with E-state index >= 15 is 0 Å². The quantitative estimate of drug-likeness (QED) is 0.608. The van der Waals surface area contributed by atoms with E-state index in [9.17, 15) is 13.2 Å². The van der Waals surface area contributed by atoms with Gasteiger partial charge in [0, 0.05) is 16.6 Å². The molecule has 0 aliphatic heterocycles. The Labute approximate surface area is 135 Å². The average Bonchev–Trinajstić information content (AvgIpc) is 2.52. The van der Waals surface area contributed by atoms with Crippen LogP contribution in [0.15, 0.2) is 48.7 Å². The molecule has 3 rings (SSSR count). The molecule has 0 fully saturated rings. The third kappa shape index (κ3) is 2.97. The smallest absolute Gasteiger partial charge is 0.419 e. The molecule has 0 saturated carbocycles. The van der Waals surface area contributed by atoms with Crippen LogP contribution < -0.4 is 4.74 Å². The van der Waals surface area contributed by atoms with Crippen molar-refractivity contribution in [2.45, 2.75) is 6.18 Å². The van der Waals surface area contributed by atoms with Gasteiger partial charge < -0.3 is 4.74 Å². The Morgan fingerprint density at radius 2 is 1.83 bits per heavy atom. The van der Waals surface area contributed by atoms with Crippen LogP contribution in [0.5, 0.6) is 5.75 Å². The van der Waals surface area contributed by atoms with Crippen LogP contribution in [0.4, 0.5) is 13.2 Å². The standard InChI is InChI=1S/C17H11ClF3NO/c1-23-16-5-2-10(8-14(16)17(19,20)21)12-6-7-22-15-9-11(18)3-4-13(12)15/h2-9H,1H3. The maximum Gasteiger partial charge on any atom is 0.419 e. The summed E-state index contributed by atoms with van der Waals surface area (Å²) in [5.41, 5.74) is 0.906. The summed E-state index contributed by atoms with van der Waals surface area (Å²) in [6.07, 6.45) is -2.95. The zero-order chi connectivity index (χ0) is 16.6. The second kappa shape index (κ2) is 5.74. The summed E-state index contributed by atoms with van der Waals surface area (Å²) in [7, 11) is 1.22. The van der Waals surface area contributed by atoms with Crippen LogP contribution in [-0.4, -0.2) is 12.1 Å². The fourth-order valence-corrected chi connectivity index (χ4v) is 2.64. The van der Waals surface area contributed by atoms with E-state index in [1.807, 2.05) is 0 Å². The van der Waals surface area contributed by atoms with Crippen molar-refractivity contribution in [2.75, 3.05) is 7.11 Å². The average molecular weight is 338 g/mol. The van der Waals surface area contributed by atoms with Gasteiger partial charge in [0.05, 0.1) is 18.2 Å². The number of fused-ring (bicyclic) bond motifs is 1. The molecule has 0 aliphatic carbocycles. The highest BCUT2D eigenvalue weighted by molar-refractivity contribution is 6.31. The first-order chi connectivity index (χ1) is 10.9. The minimum Gasteiger partial charge on any atom is -0.496 e. The number of benzene rings is 2. The highest BCUT2D eigenvalue weighted by Gasteiger charge is 2.34.